The third-order valence-corrected chi connectivity index (χ3v) is 4.26. The van der Waals surface area contributed by atoms with Crippen molar-refractivity contribution in [2.45, 2.75) is 51.7 Å². The van der Waals surface area contributed by atoms with Gasteiger partial charge in [-0.25, -0.2) is 4.98 Å². The predicted molar refractivity (Wildman–Crippen MR) is 86.6 cm³/mol. The Hall–Kier alpha value is -1.32. The smallest absolute Gasteiger partial charge is 0.113 e. The van der Waals surface area contributed by atoms with Gasteiger partial charge in [-0.3, -0.25) is 0 Å². The average Bonchev–Trinajstić information content (AvgIpc) is 3.20. The second kappa shape index (κ2) is 6.63. The molecule has 3 rings (SSSR count). The van der Waals surface area contributed by atoms with Crippen LogP contribution < -0.4 is 5.32 Å². The van der Waals surface area contributed by atoms with Crippen molar-refractivity contribution in [1.29, 1.82) is 0 Å². The fourth-order valence-electron chi connectivity index (χ4n) is 2.52. The maximum Gasteiger partial charge on any atom is 0.113 e. The first-order chi connectivity index (χ1) is 10.3. The second-order valence-corrected chi connectivity index (χ2v) is 6.20. The van der Waals surface area contributed by atoms with E-state index in [2.05, 4.69) is 40.0 Å². The van der Waals surface area contributed by atoms with Crippen molar-refractivity contribution in [3.8, 4) is 0 Å². The highest BCUT2D eigenvalue weighted by molar-refractivity contribution is 6.31. The van der Waals surface area contributed by atoms with Crippen molar-refractivity contribution >= 4 is 11.6 Å². The quantitative estimate of drug-likeness (QED) is 0.843. The van der Waals surface area contributed by atoms with Gasteiger partial charge in [0, 0.05) is 43.0 Å². The molecule has 1 fully saturated rings. The lowest BCUT2D eigenvalue weighted by molar-refractivity contribution is 0.646. The Kier molecular flexibility index (Phi) is 4.61. The molecule has 21 heavy (non-hydrogen) atoms. The van der Waals surface area contributed by atoms with Gasteiger partial charge in [-0.15, -0.1) is 0 Å². The molecule has 1 heterocycles. The lowest BCUT2D eigenvalue weighted by Crippen LogP contribution is -2.15. The normalized spacial score (nSPS) is 14.6. The molecule has 0 spiro atoms. The van der Waals surface area contributed by atoms with Gasteiger partial charge >= 0.3 is 0 Å². The molecule has 0 radical (unpaired) electrons. The molecule has 0 amide bonds. The number of hydrogen-bond acceptors (Lipinski definition) is 2. The summed E-state index contributed by atoms with van der Waals surface area (Å²) in [7, 11) is 0. The second-order valence-electron chi connectivity index (χ2n) is 5.79. The molecule has 1 N–H and O–H groups in total. The number of benzene rings is 1. The predicted octanol–water partition coefficient (Wildman–Crippen LogP) is 3.79. The minimum absolute atomic E-state index is 0.710. The number of aromatic nitrogens is 2. The third kappa shape index (κ3) is 3.86. The van der Waals surface area contributed by atoms with Gasteiger partial charge in [0.2, 0.25) is 0 Å². The molecule has 1 aliphatic carbocycles. The molecule has 4 heteroatoms. The summed E-state index contributed by atoms with van der Waals surface area (Å²) in [5.41, 5.74) is 2.41. The maximum absolute atomic E-state index is 6.41. The van der Waals surface area contributed by atoms with Crippen LogP contribution in [0.1, 0.15) is 43.1 Å². The molecular formula is C17H22ClN3. The zero-order valence-corrected chi connectivity index (χ0v) is 13.2. The summed E-state index contributed by atoms with van der Waals surface area (Å²) in [5, 5.41) is 4.36. The highest BCUT2D eigenvalue weighted by Crippen LogP contribution is 2.23. The Morgan fingerprint density at radius 2 is 2.24 bits per heavy atom. The van der Waals surface area contributed by atoms with Gasteiger partial charge in [0.25, 0.3) is 0 Å². The first-order valence-corrected chi connectivity index (χ1v) is 8.14. The van der Waals surface area contributed by atoms with Crippen molar-refractivity contribution in [1.82, 2.24) is 14.9 Å². The summed E-state index contributed by atoms with van der Waals surface area (Å²) in [6.45, 7) is 4.07. The van der Waals surface area contributed by atoms with Crippen LogP contribution in [-0.4, -0.2) is 15.6 Å². The summed E-state index contributed by atoms with van der Waals surface area (Å²) < 4.78 is 2.22. The Balaban J connectivity index is 1.67. The van der Waals surface area contributed by atoms with Crippen molar-refractivity contribution in [2.75, 3.05) is 0 Å². The van der Waals surface area contributed by atoms with Gasteiger partial charge in [0.15, 0.2) is 0 Å². The third-order valence-electron chi connectivity index (χ3n) is 3.90. The molecule has 1 aromatic heterocycles. The average molecular weight is 304 g/mol. The molecule has 1 aromatic carbocycles. The molecule has 0 saturated heterocycles. The molecular weight excluding hydrogens is 282 g/mol. The van der Waals surface area contributed by atoms with Gasteiger partial charge in [-0.1, -0.05) is 30.7 Å². The Morgan fingerprint density at radius 3 is 2.95 bits per heavy atom. The number of halogens is 1. The van der Waals surface area contributed by atoms with Gasteiger partial charge in [0.05, 0.1) is 0 Å². The van der Waals surface area contributed by atoms with Crippen molar-refractivity contribution in [3.05, 3.63) is 52.6 Å². The largest absolute Gasteiger partial charge is 0.335 e. The van der Waals surface area contributed by atoms with E-state index in [1.165, 1.54) is 24.0 Å². The van der Waals surface area contributed by atoms with Crippen LogP contribution in [-0.2, 0) is 19.5 Å². The van der Waals surface area contributed by atoms with Crippen molar-refractivity contribution in [2.24, 2.45) is 0 Å². The van der Waals surface area contributed by atoms with E-state index in [0.29, 0.717) is 6.04 Å². The molecule has 2 aromatic rings. The van der Waals surface area contributed by atoms with E-state index < -0.39 is 0 Å². The molecule has 1 saturated carbocycles. The first kappa shape index (κ1) is 14.6. The number of hydrogen-bond donors (Lipinski definition) is 1. The molecule has 0 unspecified atom stereocenters. The summed E-state index contributed by atoms with van der Waals surface area (Å²) in [6.07, 6.45) is 8.49. The lowest BCUT2D eigenvalue weighted by atomic mass is 10.1. The Bertz CT molecular complexity index is 602. The fraction of sp³-hybridized carbons (Fsp3) is 0.471. The fourth-order valence-corrected chi connectivity index (χ4v) is 2.79. The van der Waals surface area contributed by atoms with Crippen molar-refractivity contribution < 1.29 is 0 Å². The number of aryl methyl sites for hydroxylation is 1. The van der Waals surface area contributed by atoms with Crippen LogP contribution in [0.25, 0.3) is 0 Å². The number of rotatable bonds is 7. The van der Waals surface area contributed by atoms with Crippen LogP contribution >= 0.6 is 11.6 Å². The van der Waals surface area contributed by atoms with E-state index in [-0.39, 0.29) is 0 Å². The molecule has 1 aliphatic rings. The zero-order valence-electron chi connectivity index (χ0n) is 12.5. The van der Waals surface area contributed by atoms with E-state index in [1.807, 2.05) is 12.4 Å². The van der Waals surface area contributed by atoms with Gasteiger partial charge in [-0.05, 0) is 36.5 Å². The SMILES string of the molecule is CCCn1ccnc1Cc1ccc(CNC2CC2)c(Cl)c1. The van der Waals surface area contributed by atoms with E-state index in [9.17, 15) is 0 Å². The highest BCUT2D eigenvalue weighted by Gasteiger charge is 2.20. The van der Waals surface area contributed by atoms with Crippen LogP contribution in [0.15, 0.2) is 30.6 Å². The molecule has 0 aliphatic heterocycles. The zero-order chi connectivity index (χ0) is 14.7. The Morgan fingerprint density at radius 1 is 1.38 bits per heavy atom. The van der Waals surface area contributed by atoms with Gasteiger partial charge < -0.3 is 9.88 Å². The maximum atomic E-state index is 6.41. The molecule has 0 bridgehead atoms. The summed E-state index contributed by atoms with van der Waals surface area (Å²) in [5.74, 6) is 1.11. The highest BCUT2D eigenvalue weighted by atomic mass is 35.5. The number of imidazole rings is 1. The standard InChI is InChI=1S/C17H22ClN3/c1-2-8-21-9-7-19-17(21)11-13-3-4-14(16(18)10-13)12-20-15-5-6-15/h3-4,7,9-10,15,20H,2,5-6,8,11-12H2,1H3. The minimum atomic E-state index is 0.710. The van der Waals surface area contributed by atoms with E-state index in [1.54, 1.807) is 0 Å². The summed E-state index contributed by atoms with van der Waals surface area (Å²) in [4.78, 5) is 4.46. The topological polar surface area (TPSA) is 29.9 Å². The van der Waals surface area contributed by atoms with Crippen molar-refractivity contribution in [3.63, 3.8) is 0 Å². The van der Waals surface area contributed by atoms with E-state index in [4.69, 9.17) is 11.6 Å². The van der Waals surface area contributed by atoms with Crippen LogP contribution in [0.5, 0.6) is 0 Å². The molecule has 0 atom stereocenters. The monoisotopic (exact) mass is 303 g/mol. The van der Waals surface area contributed by atoms with Crippen LogP contribution in [0.2, 0.25) is 5.02 Å². The van der Waals surface area contributed by atoms with E-state index >= 15 is 0 Å². The van der Waals surface area contributed by atoms with E-state index in [0.717, 1.165) is 36.8 Å². The molecule has 3 nitrogen and oxygen atoms in total. The van der Waals surface area contributed by atoms with Crippen LogP contribution in [0.4, 0.5) is 0 Å². The number of nitrogens with one attached hydrogen (secondary N) is 1. The van der Waals surface area contributed by atoms with Crippen LogP contribution in [0.3, 0.4) is 0 Å². The minimum Gasteiger partial charge on any atom is -0.335 e. The number of nitrogens with zero attached hydrogens (tertiary/aromatic N) is 2. The Labute approximate surface area is 131 Å². The molecule has 112 valence electrons. The van der Waals surface area contributed by atoms with Crippen LogP contribution in [0, 0.1) is 0 Å². The first-order valence-electron chi connectivity index (χ1n) is 7.77. The summed E-state index contributed by atoms with van der Waals surface area (Å²) in [6, 6.07) is 7.10. The van der Waals surface area contributed by atoms with Gasteiger partial charge in [-0.2, -0.15) is 0 Å². The summed E-state index contributed by atoms with van der Waals surface area (Å²) >= 11 is 6.41. The lowest BCUT2D eigenvalue weighted by Gasteiger charge is -2.09. The van der Waals surface area contributed by atoms with Gasteiger partial charge in [0.1, 0.15) is 5.82 Å².